The summed E-state index contributed by atoms with van der Waals surface area (Å²) in [5.41, 5.74) is 1.05. The molecule has 0 saturated carbocycles. The highest BCUT2D eigenvalue weighted by Crippen LogP contribution is 2.21. The molecule has 1 atom stereocenters. The van der Waals surface area contributed by atoms with Crippen LogP contribution in [0.2, 0.25) is 0 Å². The van der Waals surface area contributed by atoms with E-state index in [1.807, 2.05) is 29.9 Å². The standard InChI is InChI=1S/C19H27N5O3/c1-22-6-4-5-17(22)15-11-16(21-20-15)18(25)24-9-10-27-14-19(26,13-24)12-23-7-2-3-8-23/h4-6,11,26H,2-3,7-10,12-14H2,1H3,(H,20,21). The van der Waals surface area contributed by atoms with Gasteiger partial charge in [-0.3, -0.25) is 9.89 Å². The number of carbonyl (C=O) groups is 1. The minimum absolute atomic E-state index is 0.159. The van der Waals surface area contributed by atoms with Crippen molar-refractivity contribution in [3.8, 4) is 11.4 Å². The summed E-state index contributed by atoms with van der Waals surface area (Å²) in [7, 11) is 1.94. The lowest BCUT2D eigenvalue weighted by atomic mass is 10.0. The van der Waals surface area contributed by atoms with Crippen LogP contribution >= 0.6 is 0 Å². The molecule has 2 aliphatic rings. The summed E-state index contributed by atoms with van der Waals surface area (Å²) in [6, 6.07) is 5.66. The van der Waals surface area contributed by atoms with E-state index in [1.54, 1.807) is 11.0 Å². The number of aliphatic hydroxyl groups is 1. The van der Waals surface area contributed by atoms with E-state index >= 15 is 0 Å². The van der Waals surface area contributed by atoms with Gasteiger partial charge in [-0.15, -0.1) is 0 Å². The predicted molar refractivity (Wildman–Crippen MR) is 100 cm³/mol. The minimum Gasteiger partial charge on any atom is -0.384 e. The van der Waals surface area contributed by atoms with Gasteiger partial charge in [-0.1, -0.05) is 0 Å². The number of carbonyl (C=O) groups excluding carboxylic acids is 1. The van der Waals surface area contributed by atoms with Crippen molar-refractivity contribution in [2.24, 2.45) is 7.05 Å². The third-order valence-electron chi connectivity index (χ3n) is 5.38. The Kier molecular flexibility index (Phi) is 5.03. The number of nitrogens with zero attached hydrogens (tertiary/aromatic N) is 4. The van der Waals surface area contributed by atoms with Crippen molar-refractivity contribution in [2.45, 2.75) is 18.4 Å². The lowest BCUT2D eigenvalue weighted by Crippen LogP contribution is -2.53. The molecule has 0 aromatic carbocycles. The zero-order valence-corrected chi connectivity index (χ0v) is 15.7. The first-order chi connectivity index (χ1) is 13.0. The first kappa shape index (κ1) is 18.2. The molecule has 0 bridgehead atoms. The summed E-state index contributed by atoms with van der Waals surface area (Å²) in [5, 5.41) is 18.2. The first-order valence-electron chi connectivity index (χ1n) is 9.53. The fraction of sp³-hybridized carbons (Fsp3) is 0.579. The third-order valence-corrected chi connectivity index (χ3v) is 5.38. The van der Waals surface area contributed by atoms with Crippen LogP contribution < -0.4 is 0 Å². The Morgan fingerprint density at radius 2 is 2.19 bits per heavy atom. The molecule has 146 valence electrons. The summed E-state index contributed by atoms with van der Waals surface area (Å²) in [4.78, 5) is 16.9. The SMILES string of the molecule is Cn1cccc1-c1cc(C(=O)N2CCOCC(O)(CN3CCCC3)C2)[nH]n1. The zero-order valence-electron chi connectivity index (χ0n) is 15.7. The minimum atomic E-state index is -1.04. The topological polar surface area (TPSA) is 86.6 Å². The van der Waals surface area contributed by atoms with Crippen molar-refractivity contribution in [3.05, 3.63) is 30.1 Å². The van der Waals surface area contributed by atoms with E-state index in [0.29, 0.717) is 25.4 Å². The van der Waals surface area contributed by atoms with E-state index in [9.17, 15) is 9.90 Å². The van der Waals surface area contributed by atoms with E-state index < -0.39 is 5.60 Å². The maximum absolute atomic E-state index is 13.0. The second-order valence-corrected chi connectivity index (χ2v) is 7.66. The van der Waals surface area contributed by atoms with Gasteiger partial charge in [0.2, 0.25) is 0 Å². The average Bonchev–Trinajstić information content (AvgIpc) is 3.37. The Bertz CT molecular complexity index is 795. The molecule has 1 unspecified atom stereocenters. The predicted octanol–water partition coefficient (Wildman–Crippen LogP) is 0.714. The summed E-state index contributed by atoms with van der Waals surface area (Å²) in [6.07, 6.45) is 4.27. The van der Waals surface area contributed by atoms with Gasteiger partial charge < -0.3 is 24.2 Å². The molecule has 2 aromatic heterocycles. The Hall–Kier alpha value is -2.16. The fourth-order valence-electron chi connectivity index (χ4n) is 4.00. The molecule has 0 aliphatic carbocycles. The molecule has 8 heteroatoms. The van der Waals surface area contributed by atoms with Crippen molar-refractivity contribution in [2.75, 3.05) is 45.9 Å². The molecule has 4 heterocycles. The van der Waals surface area contributed by atoms with Crippen molar-refractivity contribution in [1.82, 2.24) is 24.6 Å². The number of β-amino-alcohol motifs (C(OH)–C–C–N with tert-alkyl or cyclic N) is 1. The maximum atomic E-state index is 13.0. The smallest absolute Gasteiger partial charge is 0.272 e. The molecule has 2 saturated heterocycles. The van der Waals surface area contributed by atoms with Crippen LogP contribution in [0, 0.1) is 0 Å². The van der Waals surface area contributed by atoms with Gasteiger partial charge in [-0.05, 0) is 44.1 Å². The van der Waals surface area contributed by atoms with E-state index in [0.717, 1.165) is 37.3 Å². The molecule has 27 heavy (non-hydrogen) atoms. The molecule has 2 N–H and O–H groups in total. The number of nitrogens with one attached hydrogen (secondary N) is 1. The molecule has 0 radical (unpaired) electrons. The number of ether oxygens (including phenoxy) is 1. The van der Waals surface area contributed by atoms with Gasteiger partial charge >= 0.3 is 0 Å². The first-order valence-corrected chi connectivity index (χ1v) is 9.53. The van der Waals surface area contributed by atoms with Crippen LogP contribution in [0.1, 0.15) is 23.3 Å². The number of aromatic nitrogens is 3. The number of aromatic amines is 1. The lowest BCUT2D eigenvalue weighted by molar-refractivity contribution is -0.0524. The molecule has 8 nitrogen and oxygen atoms in total. The maximum Gasteiger partial charge on any atom is 0.272 e. The Morgan fingerprint density at radius 3 is 2.93 bits per heavy atom. The van der Waals surface area contributed by atoms with Gasteiger partial charge in [0, 0.05) is 26.3 Å². The quantitative estimate of drug-likeness (QED) is 0.825. The monoisotopic (exact) mass is 373 g/mol. The molecule has 0 spiro atoms. The lowest BCUT2D eigenvalue weighted by Gasteiger charge is -2.33. The molecular weight excluding hydrogens is 346 g/mol. The highest BCUT2D eigenvalue weighted by Gasteiger charge is 2.37. The van der Waals surface area contributed by atoms with Crippen LogP contribution in [0.15, 0.2) is 24.4 Å². The van der Waals surface area contributed by atoms with Gasteiger partial charge in [0.1, 0.15) is 17.0 Å². The molecule has 2 fully saturated rings. The van der Waals surface area contributed by atoms with Crippen molar-refractivity contribution >= 4 is 5.91 Å². The number of H-pyrrole nitrogens is 1. The highest BCUT2D eigenvalue weighted by atomic mass is 16.5. The van der Waals surface area contributed by atoms with Crippen LogP contribution in [0.4, 0.5) is 0 Å². The number of hydrogen-bond acceptors (Lipinski definition) is 5. The van der Waals surface area contributed by atoms with Crippen LogP contribution in [0.3, 0.4) is 0 Å². The van der Waals surface area contributed by atoms with Crippen LogP contribution in [0.5, 0.6) is 0 Å². The van der Waals surface area contributed by atoms with Gasteiger partial charge in [0.15, 0.2) is 0 Å². The Morgan fingerprint density at radius 1 is 1.37 bits per heavy atom. The number of hydrogen-bond donors (Lipinski definition) is 2. The van der Waals surface area contributed by atoms with Crippen LogP contribution in [0.25, 0.3) is 11.4 Å². The second kappa shape index (κ2) is 7.46. The fourth-order valence-corrected chi connectivity index (χ4v) is 4.00. The molecule has 2 aromatic rings. The summed E-state index contributed by atoms with van der Waals surface area (Å²) >= 11 is 0. The van der Waals surface area contributed by atoms with E-state index in [-0.39, 0.29) is 19.1 Å². The van der Waals surface area contributed by atoms with Gasteiger partial charge in [-0.25, -0.2) is 0 Å². The molecule has 2 aliphatic heterocycles. The van der Waals surface area contributed by atoms with Crippen molar-refractivity contribution in [1.29, 1.82) is 0 Å². The summed E-state index contributed by atoms with van der Waals surface area (Å²) in [5.74, 6) is -0.159. The number of aryl methyl sites for hydroxylation is 1. The number of rotatable bonds is 4. The van der Waals surface area contributed by atoms with Crippen molar-refractivity contribution in [3.63, 3.8) is 0 Å². The van der Waals surface area contributed by atoms with Gasteiger partial charge in [0.25, 0.3) is 5.91 Å². The van der Waals surface area contributed by atoms with Gasteiger partial charge in [0.05, 0.1) is 25.5 Å². The number of amides is 1. The summed E-state index contributed by atoms with van der Waals surface area (Å²) in [6.45, 7) is 3.93. The van der Waals surface area contributed by atoms with Crippen LogP contribution in [-0.4, -0.2) is 87.1 Å². The van der Waals surface area contributed by atoms with Crippen LogP contribution in [-0.2, 0) is 11.8 Å². The van der Waals surface area contributed by atoms with E-state index in [1.165, 1.54) is 0 Å². The largest absolute Gasteiger partial charge is 0.384 e. The Labute approximate surface area is 158 Å². The molecule has 4 rings (SSSR count). The number of likely N-dealkylation sites (tertiary alicyclic amines) is 1. The Balaban J connectivity index is 1.48. The van der Waals surface area contributed by atoms with E-state index in [2.05, 4.69) is 15.1 Å². The van der Waals surface area contributed by atoms with Crippen molar-refractivity contribution < 1.29 is 14.6 Å². The normalized spacial score (nSPS) is 24.3. The average molecular weight is 373 g/mol. The second-order valence-electron chi connectivity index (χ2n) is 7.66. The third kappa shape index (κ3) is 3.92. The van der Waals surface area contributed by atoms with E-state index in [4.69, 9.17) is 4.74 Å². The zero-order chi connectivity index (χ0) is 18.9. The highest BCUT2D eigenvalue weighted by molar-refractivity contribution is 5.93. The summed E-state index contributed by atoms with van der Waals surface area (Å²) < 4.78 is 7.57. The molecular formula is C19H27N5O3. The molecule has 1 amide bonds. The van der Waals surface area contributed by atoms with Gasteiger partial charge in [-0.2, -0.15) is 5.10 Å².